The zero-order valence-corrected chi connectivity index (χ0v) is 12.8. The number of benzene rings is 2. The van der Waals surface area contributed by atoms with E-state index in [0.29, 0.717) is 5.58 Å². The molecular weight excluding hydrogens is 302 g/mol. The topological polar surface area (TPSA) is 51.2 Å². The van der Waals surface area contributed by atoms with E-state index >= 15 is 0 Å². The van der Waals surface area contributed by atoms with Gasteiger partial charge in [0.2, 0.25) is 12.3 Å². The van der Waals surface area contributed by atoms with Gasteiger partial charge in [-0.25, -0.2) is 4.79 Å². The predicted octanol–water partition coefficient (Wildman–Crippen LogP) is 3.12. The van der Waals surface area contributed by atoms with Crippen molar-refractivity contribution in [2.45, 2.75) is 6.54 Å². The summed E-state index contributed by atoms with van der Waals surface area (Å²) in [6.45, 7) is 0.0912. The maximum absolute atomic E-state index is 12.5. The third-order valence-corrected chi connectivity index (χ3v) is 4.01. The van der Waals surface area contributed by atoms with Gasteiger partial charge in [0.1, 0.15) is 11.1 Å². The lowest BCUT2D eigenvalue weighted by Gasteiger charge is -2.01. The van der Waals surface area contributed by atoms with Gasteiger partial charge < -0.3 is 4.42 Å². The van der Waals surface area contributed by atoms with Crippen LogP contribution in [0.1, 0.15) is 10.4 Å². The quantitative estimate of drug-likeness (QED) is 0.331. The third-order valence-electron chi connectivity index (χ3n) is 4.01. The van der Waals surface area contributed by atoms with Crippen molar-refractivity contribution >= 4 is 27.5 Å². The van der Waals surface area contributed by atoms with Crippen LogP contribution in [0.4, 0.5) is 0 Å². The van der Waals surface area contributed by atoms with Crippen LogP contribution in [0.3, 0.4) is 0 Å². The van der Waals surface area contributed by atoms with Crippen LogP contribution in [-0.2, 0) is 6.54 Å². The van der Waals surface area contributed by atoms with Crippen LogP contribution in [0.2, 0.25) is 0 Å². The Labute approximate surface area is 137 Å². The van der Waals surface area contributed by atoms with Crippen molar-refractivity contribution in [3.05, 3.63) is 89.0 Å². The molecule has 0 radical (unpaired) electrons. The number of nitrogens with zero attached hydrogens (tertiary/aromatic N) is 1. The molecule has 0 saturated carbocycles. The van der Waals surface area contributed by atoms with Crippen molar-refractivity contribution in [1.82, 2.24) is 0 Å². The van der Waals surface area contributed by atoms with E-state index in [1.165, 1.54) is 0 Å². The Hall–Kier alpha value is -3.27. The van der Waals surface area contributed by atoms with E-state index < -0.39 is 5.63 Å². The molecule has 0 fully saturated rings. The zero-order valence-electron chi connectivity index (χ0n) is 12.8. The van der Waals surface area contributed by atoms with Crippen molar-refractivity contribution < 1.29 is 13.8 Å². The van der Waals surface area contributed by atoms with Crippen molar-refractivity contribution in [3.63, 3.8) is 0 Å². The van der Waals surface area contributed by atoms with Crippen molar-refractivity contribution in [3.8, 4) is 0 Å². The summed E-state index contributed by atoms with van der Waals surface area (Å²) >= 11 is 0. The van der Waals surface area contributed by atoms with Crippen molar-refractivity contribution in [2.24, 2.45) is 0 Å². The number of rotatable bonds is 3. The van der Waals surface area contributed by atoms with Gasteiger partial charge in [0, 0.05) is 16.8 Å². The average molecular weight is 316 g/mol. The molecule has 2 heterocycles. The molecule has 4 heteroatoms. The average Bonchev–Trinajstić information content (AvgIpc) is 2.61. The van der Waals surface area contributed by atoms with E-state index in [1.807, 2.05) is 54.9 Å². The summed E-state index contributed by atoms with van der Waals surface area (Å²) in [6, 6.07) is 18.6. The summed E-state index contributed by atoms with van der Waals surface area (Å²) in [5.41, 5.74) is -0.0353. The number of aromatic nitrogens is 1. The second-order valence-electron chi connectivity index (χ2n) is 5.65. The van der Waals surface area contributed by atoms with Gasteiger partial charge in [0.05, 0.1) is 0 Å². The molecule has 0 unspecified atom stereocenters. The van der Waals surface area contributed by atoms with Crippen LogP contribution in [0.5, 0.6) is 0 Å². The summed E-state index contributed by atoms with van der Waals surface area (Å²) < 4.78 is 7.01. The summed E-state index contributed by atoms with van der Waals surface area (Å²) in [4.78, 5) is 24.6. The lowest BCUT2D eigenvalue weighted by molar-refractivity contribution is -0.681. The Morgan fingerprint density at radius 2 is 1.62 bits per heavy atom. The highest BCUT2D eigenvalue weighted by molar-refractivity contribution is 5.97. The van der Waals surface area contributed by atoms with Crippen LogP contribution in [-0.4, -0.2) is 5.78 Å². The normalized spacial score (nSPS) is 11.0. The molecule has 0 N–H and O–H groups in total. The van der Waals surface area contributed by atoms with E-state index in [-0.39, 0.29) is 17.9 Å². The molecule has 4 nitrogen and oxygen atoms in total. The minimum atomic E-state index is -0.597. The number of carbonyl (C=O) groups is 1. The van der Waals surface area contributed by atoms with Gasteiger partial charge in [-0.3, -0.25) is 4.79 Å². The second kappa shape index (κ2) is 5.74. The van der Waals surface area contributed by atoms with Crippen molar-refractivity contribution in [1.29, 1.82) is 0 Å². The zero-order chi connectivity index (χ0) is 16.5. The summed E-state index contributed by atoms with van der Waals surface area (Å²) in [6.07, 6.45) is 3.73. The molecule has 0 bridgehead atoms. The Kier molecular flexibility index (Phi) is 3.43. The molecule has 0 atom stereocenters. The summed E-state index contributed by atoms with van der Waals surface area (Å²) in [5.74, 6) is -0.269. The van der Waals surface area contributed by atoms with Gasteiger partial charge in [0.25, 0.3) is 0 Å². The largest absolute Gasteiger partial charge is 0.422 e. The standard InChI is InChI=1S/C20H14NO3/c22-18(13-21-10-9-14-5-1-2-7-16(14)12-21)17-11-15-6-3-4-8-19(15)24-20(17)23/h1-12H,13H2/q+1. The highest BCUT2D eigenvalue weighted by Crippen LogP contribution is 2.13. The van der Waals surface area contributed by atoms with E-state index in [2.05, 4.69) is 0 Å². The fraction of sp³-hybridized carbons (Fsp3) is 0.0500. The number of Topliss-reactive ketones (excluding diaryl/α,β-unsaturated/α-hetero) is 1. The van der Waals surface area contributed by atoms with E-state index in [0.717, 1.165) is 16.2 Å². The van der Waals surface area contributed by atoms with Crippen molar-refractivity contribution in [2.75, 3.05) is 0 Å². The maximum Gasteiger partial charge on any atom is 0.347 e. The lowest BCUT2D eigenvalue weighted by Crippen LogP contribution is -2.38. The predicted molar refractivity (Wildman–Crippen MR) is 91.0 cm³/mol. The number of fused-ring (bicyclic) bond motifs is 2. The fourth-order valence-corrected chi connectivity index (χ4v) is 2.78. The Morgan fingerprint density at radius 3 is 2.46 bits per heavy atom. The Bertz CT molecular complexity index is 1130. The molecule has 0 saturated heterocycles. The van der Waals surface area contributed by atoms with Crippen LogP contribution in [0, 0.1) is 0 Å². The molecule has 0 aliphatic carbocycles. The molecule has 2 aromatic heterocycles. The first-order chi connectivity index (χ1) is 11.7. The second-order valence-corrected chi connectivity index (χ2v) is 5.65. The molecule has 0 aliphatic heterocycles. The van der Waals surface area contributed by atoms with Crippen LogP contribution < -0.4 is 10.2 Å². The molecule has 0 aliphatic rings. The number of hydrogen-bond acceptors (Lipinski definition) is 3. The number of para-hydroxylation sites is 1. The molecule has 116 valence electrons. The Morgan fingerprint density at radius 1 is 0.917 bits per heavy atom. The molecule has 0 amide bonds. The first kappa shape index (κ1) is 14.3. The monoisotopic (exact) mass is 316 g/mol. The van der Waals surface area contributed by atoms with Gasteiger partial charge in [-0.2, -0.15) is 4.57 Å². The van der Waals surface area contributed by atoms with Gasteiger partial charge in [0.15, 0.2) is 12.4 Å². The van der Waals surface area contributed by atoms with Gasteiger partial charge in [-0.05, 0) is 23.6 Å². The first-order valence-corrected chi connectivity index (χ1v) is 7.65. The maximum atomic E-state index is 12.5. The molecule has 4 aromatic rings. The smallest absolute Gasteiger partial charge is 0.347 e. The number of hydrogen-bond donors (Lipinski definition) is 0. The molecule has 4 rings (SSSR count). The Balaban J connectivity index is 1.70. The summed E-state index contributed by atoms with van der Waals surface area (Å²) in [7, 11) is 0. The van der Waals surface area contributed by atoms with E-state index in [9.17, 15) is 9.59 Å². The third kappa shape index (κ3) is 2.58. The SMILES string of the molecule is O=C(C[n+]1ccc2ccccc2c1)c1cc2ccccc2oc1=O. The minimum absolute atomic E-state index is 0.0781. The van der Waals surface area contributed by atoms with Crippen LogP contribution >= 0.6 is 0 Å². The minimum Gasteiger partial charge on any atom is -0.422 e. The molecule has 2 aromatic carbocycles. The lowest BCUT2D eigenvalue weighted by atomic mass is 10.1. The van der Waals surface area contributed by atoms with Gasteiger partial charge >= 0.3 is 5.63 Å². The van der Waals surface area contributed by atoms with E-state index in [1.54, 1.807) is 22.8 Å². The van der Waals surface area contributed by atoms with Crippen LogP contribution in [0.15, 0.2) is 82.3 Å². The van der Waals surface area contributed by atoms with Gasteiger partial charge in [-0.1, -0.05) is 36.4 Å². The fourth-order valence-electron chi connectivity index (χ4n) is 2.78. The summed E-state index contributed by atoms with van der Waals surface area (Å²) in [5, 5.41) is 2.88. The highest BCUT2D eigenvalue weighted by Gasteiger charge is 2.18. The number of carbonyl (C=O) groups excluding carboxylic acids is 1. The van der Waals surface area contributed by atoms with Gasteiger partial charge in [-0.15, -0.1) is 0 Å². The number of pyridine rings is 1. The molecule has 0 spiro atoms. The molecular formula is C20H14NO3+. The van der Waals surface area contributed by atoms with Crippen LogP contribution in [0.25, 0.3) is 21.7 Å². The first-order valence-electron chi connectivity index (χ1n) is 7.65. The highest BCUT2D eigenvalue weighted by atomic mass is 16.4. The van der Waals surface area contributed by atoms with E-state index in [4.69, 9.17) is 4.42 Å². The molecule has 24 heavy (non-hydrogen) atoms. The number of ketones is 1.